The average molecular weight is 243 g/mol. The molecule has 10 heavy (non-hydrogen) atoms. The van der Waals surface area contributed by atoms with Crippen LogP contribution in [0.2, 0.25) is 0 Å². The quantitative estimate of drug-likeness (QED) is 0.535. The van der Waals surface area contributed by atoms with Gasteiger partial charge in [0.1, 0.15) is 0 Å². The maximum atomic E-state index is 3.48. The van der Waals surface area contributed by atoms with Crippen LogP contribution < -0.4 is 0 Å². The Kier molecular flexibility index (Phi) is 7.67. The molecular formula is C7H15BrS2. The summed E-state index contributed by atoms with van der Waals surface area (Å²) in [6, 6.07) is 0. The Morgan fingerprint density at radius 2 is 1.80 bits per heavy atom. The van der Waals surface area contributed by atoms with Crippen molar-refractivity contribution in [1.29, 1.82) is 0 Å². The van der Waals surface area contributed by atoms with Crippen molar-refractivity contribution in [3.05, 3.63) is 0 Å². The van der Waals surface area contributed by atoms with E-state index in [2.05, 4.69) is 35.4 Å². The number of hydrogen-bond donors (Lipinski definition) is 0. The van der Waals surface area contributed by atoms with E-state index in [0.717, 1.165) is 15.8 Å². The third-order valence-electron chi connectivity index (χ3n) is 1.38. The molecule has 0 aliphatic rings. The van der Waals surface area contributed by atoms with Crippen LogP contribution in [0.3, 0.4) is 0 Å². The van der Waals surface area contributed by atoms with Gasteiger partial charge in [0, 0.05) is 9.91 Å². The minimum atomic E-state index is 0.785. The summed E-state index contributed by atoms with van der Waals surface area (Å²) in [5.41, 5.74) is 0. The van der Waals surface area contributed by atoms with Crippen LogP contribution in [-0.4, -0.2) is 22.4 Å². The molecule has 0 radical (unpaired) electrons. The van der Waals surface area contributed by atoms with E-state index in [1.165, 1.54) is 6.42 Å². The molecule has 0 saturated heterocycles. The van der Waals surface area contributed by atoms with E-state index >= 15 is 0 Å². The van der Waals surface area contributed by atoms with Crippen molar-refractivity contribution in [2.24, 2.45) is 5.92 Å². The highest BCUT2D eigenvalue weighted by Crippen LogP contribution is 2.26. The lowest BCUT2D eigenvalue weighted by Gasteiger charge is -2.14. The van der Waals surface area contributed by atoms with Crippen LogP contribution >= 0.6 is 39.5 Å². The monoisotopic (exact) mass is 242 g/mol. The summed E-state index contributed by atoms with van der Waals surface area (Å²) in [6.07, 6.45) is 5.68. The van der Waals surface area contributed by atoms with Crippen LogP contribution in [0.1, 0.15) is 13.3 Å². The third kappa shape index (κ3) is 4.91. The van der Waals surface area contributed by atoms with E-state index in [0.29, 0.717) is 0 Å². The molecule has 0 N–H and O–H groups in total. The van der Waals surface area contributed by atoms with Gasteiger partial charge in [-0.3, -0.25) is 0 Å². The molecular weight excluding hydrogens is 228 g/mol. The molecule has 0 nitrogen and oxygen atoms in total. The minimum Gasteiger partial charge on any atom is -0.151 e. The van der Waals surface area contributed by atoms with E-state index in [1.807, 2.05) is 23.5 Å². The van der Waals surface area contributed by atoms with Gasteiger partial charge in [-0.25, -0.2) is 0 Å². The molecule has 0 bridgehead atoms. The molecule has 0 aromatic rings. The van der Waals surface area contributed by atoms with Gasteiger partial charge in [0.2, 0.25) is 0 Å². The van der Waals surface area contributed by atoms with E-state index in [1.54, 1.807) is 0 Å². The average Bonchev–Trinajstić information content (AvgIpc) is 1.99. The first-order valence-corrected chi connectivity index (χ1v) is 7.05. The first kappa shape index (κ1) is 11.2. The number of halogens is 1. The van der Waals surface area contributed by atoms with Gasteiger partial charge in [0.25, 0.3) is 0 Å². The molecule has 1 atom stereocenters. The summed E-state index contributed by atoms with van der Waals surface area (Å²) in [6.45, 7) is 2.29. The van der Waals surface area contributed by atoms with Gasteiger partial charge in [-0.2, -0.15) is 23.5 Å². The molecule has 0 heterocycles. The lowest BCUT2D eigenvalue weighted by Crippen LogP contribution is -2.04. The summed E-state index contributed by atoms with van der Waals surface area (Å²) in [5, 5.41) is 1.13. The number of hydrogen-bond acceptors (Lipinski definition) is 2. The van der Waals surface area contributed by atoms with Crippen molar-refractivity contribution < 1.29 is 0 Å². The van der Waals surface area contributed by atoms with Crippen LogP contribution in [0, 0.1) is 5.92 Å². The van der Waals surface area contributed by atoms with Crippen molar-refractivity contribution >= 4 is 39.5 Å². The Bertz CT molecular complexity index is 74.0. The van der Waals surface area contributed by atoms with Crippen LogP contribution in [0.4, 0.5) is 0 Å². The fraction of sp³-hybridized carbons (Fsp3) is 1.00. The van der Waals surface area contributed by atoms with Crippen molar-refractivity contribution in [1.82, 2.24) is 0 Å². The van der Waals surface area contributed by atoms with Crippen molar-refractivity contribution in [3.63, 3.8) is 0 Å². The highest BCUT2D eigenvalue weighted by molar-refractivity contribution is 9.09. The smallest absolute Gasteiger partial charge is 0.0499 e. The van der Waals surface area contributed by atoms with E-state index in [9.17, 15) is 0 Å². The van der Waals surface area contributed by atoms with E-state index in [-0.39, 0.29) is 0 Å². The van der Waals surface area contributed by atoms with Gasteiger partial charge in [0.15, 0.2) is 0 Å². The predicted molar refractivity (Wildman–Crippen MR) is 58.4 cm³/mol. The molecule has 62 valence electrons. The molecule has 1 unspecified atom stereocenters. The molecule has 0 aromatic carbocycles. The van der Waals surface area contributed by atoms with Gasteiger partial charge >= 0.3 is 0 Å². The van der Waals surface area contributed by atoms with Gasteiger partial charge < -0.3 is 0 Å². The fourth-order valence-electron chi connectivity index (χ4n) is 0.680. The van der Waals surface area contributed by atoms with Gasteiger partial charge in [-0.15, -0.1) is 0 Å². The normalized spacial score (nSPS) is 14.1. The van der Waals surface area contributed by atoms with E-state index in [4.69, 9.17) is 0 Å². The zero-order valence-electron chi connectivity index (χ0n) is 6.76. The summed E-state index contributed by atoms with van der Waals surface area (Å²) < 4.78 is 0.785. The molecule has 0 aliphatic carbocycles. The predicted octanol–water partition coefficient (Wildman–Crippen LogP) is 3.46. The second-order valence-electron chi connectivity index (χ2n) is 2.40. The molecule has 3 heteroatoms. The Hall–Kier alpha value is 1.18. The fourth-order valence-corrected chi connectivity index (χ4v) is 2.76. The standard InChI is InChI=1S/C7H15BrS2/c1-6(5-8)4-7(9-2)10-3/h6-7H,4-5H2,1-3H3. The summed E-state index contributed by atoms with van der Waals surface area (Å²) in [5.74, 6) is 0.810. The zero-order chi connectivity index (χ0) is 7.98. The number of rotatable bonds is 5. The molecule has 0 spiro atoms. The Morgan fingerprint density at radius 3 is 2.10 bits per heavy atom. The molecule has 0 rings (SSSR count). The van der Waals surface area contributed by atoms with Gasteiger partial charge in [0.05, 0.1) is 0 Å². The number of thioether (sulfide) groups is 2. The third-order valence-corrected chi connectivity index (χ3v) is 5.08. The van der Waals surface area contributed by atoms with Crippen molar-refractivity contribution in [2.45, 2.75) is 17.9 Å². The topological polar surface area (TPSA) is 0 Å². The SMILES string of the molecule is CSC(CC(C)CBr)SC. The van der Waals surface area contributed by atoms with Crippen LogP contribution in [0.15, 0.2) is 0 Å². The lowest BCUT2D eigenvalue weighted by molar-refractivity contribution is 0.635. The van der Waals surface area contributed by atoms with E-state index < -0.39 is 0 Å². The highest BCUT2D eigenvalue weighted by atomic mass is 79.9. The van der Waals surface area contributed by atoms with Crippen LogP contribution in [0.25, 0.3) is 0 Å². The van der Waals surface area contributed by atoms with Crippen LogP contribution in [-0.2, 0) is 0 Å². The van der Waals surface area contributed by atoms with Gasteiger partial charge in [-0.1, -0.05) is 22.9 Å². The first-order chi connectivity index (χ1) is 4.74. The molecule has 0 amide bonds. The summed E-state index contributed by atoms with van der Waals surface area (Å²) >= 11 is 7.39. The summed E-state index contributed by atoms with van der Waals surface area (Å²) in [7, 11) is 0. The maximum absolute atomic E-state index is 3.48. The molecule has 0 aromatic heterocycles. The lowest BCUT2D eigenvalue weighted by atomic mass is 10.2. The zero-order valence-corrected chi connectivity index (χ0v) is 9.98. The maximum Gasteiger partial charge on any atom is 0.0499 e. The Morgan fingerprint density at radius 1 is 1.30 bits per heavy atom. The van der Waals surface area contributed by atoms with Crippen LogP contribution in [0.5, 0.6) is 0 Å². The highest BCUT2D eigenvalue weighted by Gasteiger charge is 2.08. The van der Waals surface area contributed by atoms with Crippen molar-refractivity contribution in [2.75, 3.05) is 17.8 Å². The second-order valence-corrected chi connectivity index (χ2v) is 5.42. The molecule has 0 saturated carbocycles. The molecule has 0 fully saturated rings. The largest absolute Gasteiger partial charge is 0.151 e. The Labute approximate surface area is 81.0 Å². The summed E-state index contributed by atoms with van der Waals surface area (Å²) in [4.78, 5) is 0. The first-order valence-electron chi connectivity index (χ1n) is 3.36. The minimum absolute atomic E-state index is 0.785. The Balaban J connectivity index is 3.41. The molecule has 0 aliphatic heterocycles. The van der Waals surface area contributed by atoms with Crippen molar-refractivity contribution in [3.8, 4) is 0 Å². The second kappa shape index (κ2) is 6.86. The van der Waals surface area contributed by atoms with Gasteiger partial charge in [-0.05, 0) is 24.9 Å². The number of alkyl halides is 1.